The molecular formula is C22H22F4N4. The van der Waals surface area contributed by atoms with Crippen LogP contribution in [0.2, 0.25) is 0 Å². The summed E-state index contributed by atoms with van der Waals surface area (Å²) in [6.07, 6.45) is 5.40. The number of hydrogen-bond acceptors (Lipinski definition) is 3. The number of alkyl halides is 3. The Morgan fingerprint density at radius 2 is 2.03 bits per heavy atom. The number of hydrogen-bond donors (Lipinski definition) is 2. The first-order chi connectivity index (χ1) is 14.3. The minimum absolute atomic E-state index is 0.0552. The molecule has 0 aliphatic carbocycles. The van der Waals surface area contributed by atoms with E-state index in [-0.39, 0.29) is 12.1 Å². The molecule has 0 saturated heterocycles. The maximum absolute atomic E-state index is 13.9. The molecule has 8 heteroatoms. The summed E-state index contributed by atoms with van der Waals surface area (Å²) in [6, 6.07) is 6.26. The van der Waals surface area contributed by atoms with Crippen LogP contribution in [-0.4, -0.2) is 22.0 Å². The minimum atomic E-state index is -4.51. The fraction of sp³-hybridized carbons (Fsp3) is 0.227. The number of nitrogens with zero attached hydrogens (tertiary/aromatic N) is 2. The molecule has 0 saturated carbocycles. The molecule has 0 radical (unpaired) electrons. The normalized spacial score (nSPS) is 12.8. The second-order valence-corrected chi connectivity index (χ2v) is 6.84. The first-order valence-electron chi connectivity index (χ1n) is 9.34. The van der Waals surface area contributed by atoms with Crippen molar-refractivity contribution in [3.05, 3.63) is 89.2 Å². The molecular weight excluding hydrogens is 396 g/mol. The van der Waals surface area contributed by atoms with E-state index in [9.17, 15) is 17.6 Å². The molecule has 1 aromatic carbocycles. The van der Waals surface area contributed by atoms with Crippen LogP contribution in [-0.2, 0) is 19.1 Å². The van der Waals surface area contributed by atoms with Crippen molar-refractivity contribution in [1.29, 1.82) is 0 Å². The van der Waals surface area contributed by atoms with Gasteiger partial charge in [-0.1, -0.05) is 12.2 Å². The van der Waals surface area contributed by atoms with Crippen molar-refractivity contribution in [2.75, 3.05) is 7.05 Å². The number of pyridine rings is 1. The summed E-state index contributed by atoms with van der Waals surface area (Å²) in [7, 11) is 1.71. The lowest BCUT2D eigenvalue weighted by molar-refractivity contribution is -0.137. The number of allylic oxidation sites excluding steroid dienone is 3. The smallest absolute Gasteiger partial charge is 0.346 e. The average Bonchev–Trinajstić information content (AvgIpc) is 3.09. The Hall–Kier alpha value is -3.13. The molecule has 2 N–H and O–H groups in total. The Morgan fingerprint density at radius 3 is 2.77 bits per heavy atom. The van der Waals surface area contributed by atoms with Gasteiger partial charge in [-0.3, -0.25) is 0 Å². The van der Waals surface area contributed by atoms with Crippen LogP contribution in [0.4, 0.5) is 17.6 Å². The lowest BCUT2D eigenvalue weighted by Crippen LogP contribution is -2.30. The van der Waals surface area contributed by atoms with Gasteiger partial charge in [0.15, 0.2) is 0 Å². The van der Waals surface area contributed by atoms with Crippen LogP contribution in [0.15, 0.2) is 66.7 Å². The summed E-state index contributed by atoms with van der Waals surface area (Å²) in [6.45, 7) is 1.82. The third kappa shape index (κ3) is 5.27. The number of aromatic nitrogens is 2. The molecule has 158 valence electrons. The number of H-pyrrole nitrogens is 1. The summed E-state index contributed by atoms with van der Waals surface area (Å²) < 4.78 is 52.5. The van der Waals surface area contributed by atoms with E-state index >= 15 is 0 Å². The van der Waals surface area contributed by atoms with Gasteiger partial charge in [0.1, 0.15) is 11.5 Å². The van der Waals surface area contributed by atoms with Crippen LogP contribution in [0.5, 0.6) is 0 Å². The number of benzene rings is 1. The predicted molar refractivity (Wildman–Crippen MR) is 109 cm³/mol. The van der Waals surface area contributed by atoms with Crippen molar-refractivity contribution in [1.82, 2.24) is 20.4 Å². The van der Waals surface area contributed by atoms with Crippen molar-refractivity contribution in [3.63, 3.8) is 0 Å². The topological polar surface area (TPSA) is 44.0 Å². The zero-order valence-electron chi connectivity index (χ0n) is 16.6. The van der Waals surface area contributed by atoms with Gasteiger partial charge in [0, 0.05) is 49.6 Å². The molecule has 0 unspecified atom stereocenters. The molecule has 0 atom stereocenters. The van der Waals surface area contributed by atoms with Crippen LogP contribution in [0.3, 0.4) is 0 Å². The molecule has 3 rings (SSSR count). The van der Waals surface area contributed by atoms with Crippen molar-refractivity contribution >= 4 is 11.0 Å². The number of halogens is 4. The van der Waals surface area contributed by atoms with Crippen molar-refractivity contribution < 1.29 is 17.6 Å². The van der Waals surface area contributed by atoms with Crippen molar-refractivity contribution in [2.24, 2.45) is 0 Å². The summed E-state index contributed by atoms with van der Waals surface area (Å²) in [4.78, 5) is 7.41. The molecule has 0 aliphatic rings. The molecule has 0 aliphatic heterocycles. The van der Waals surface area contributed by atoms with Crippen LogP contribution in [0.25, 0.3) is 11.0 Å². The standard InChI is InChI=1S/C22H22F4N4/c1-3-5-15(10-16-12-28-21-19(16)6-4-9-27-21)14-30(2)29-13-17-11-18(22(24,25)26)7-8-20(17)23/h3-9,11-12,14,29H,10,13H2,1-2H3,(H,27,28)/b5-3-,15-14+. The lowest BCUT2D eigenvalue weighted by Gasteiger charge is -2.18. The SMILES string of the molecule is C/C=C\C(=C/N(C)NCc1cc(C(F)(F)F)ccc1F)Cc1c[nH]c2ncccc12. The van der Waals surface area contributed by atoms with Crippen LogP contribution in [0, 0.1) is 5.82 Å². The largest absolute Gasteiger partial charge is 0.416 e. The number of nitrogens with one attached hydrogen (secondary N) is 2. The second-order valence-electron chi connectivity index (χ2n) is 6.84. The maximum atomic E-state index is 13.9. The van der Waals surface area contributed by atoms with E-state index in [1.54, 1.807) is 18.3 Å². The van der Waals surface area contributed by atoms with Crippen LogP contribution < -0.4 is 5.43 Å². The number of aromatic amines is 1. The first-order valence-corrected chi connectivity index (χ1v) is 9.34. The highest BCUT2D eigenvalue weighted by Crippen LogP contribution is 2.30. The lowest BCUT2D eigenvalue weighted by atomic mass is 10.1. The zero-order chi connectivity index (χ0) is 21.7. The van der Waals surface area contributed by atoms with E-state index in [4.69, 9.17) is 0 Å². The van der Waals surface area contributed by atoms with Gasteiger partial charge in [0.05, 0.1) is 5.56 Å². The number of rotatable bonds is 7. The highest BCUT2D eigenvalue weighted by Gasteiger charge is 2.31. The fourth-order valence-electron chi connectivity index (χ4n) is 3.13. The van der Waals surface area contributed by atoms with E-state index in [2.05, 4.69) is 15.4 Å². The third-order valence-electron chi connectivity index (χ3n) is 4.56. The molecule has 3 aromatic rings. The van der Waals surface area contributed by atoms with Gasteiger partial charge in [-0.15, -0.1) is 0 Å². The van der Waals surface area contributed by atoms with Gasteiger partial charge in [0.25, 0.3) is 0 Å². The maximum Gasteiger partial charge on any atom is 0.416 e. The quantitative estimate of drug-likeness (QED) is 0.308. The van der Waals surface area contributed by atoms with Gasteiger partial charge in [-0.05, 0) is 48.4 Å². The van der Waals surface area contributed by atoms with Crippen LogP contribution in [0.1, 0.15) is 23.6 Å². The molecule has 0 amide bonds. The molecule has 4 nitrogen and oxygen atoms in total. The Morgan fingerprint density at radius 1 is 1.23 bits per heavy atom. The summed E-state index contributed by atoms with van der Waals surface area (Å²) in [5.74, 6) is -0.687. The molecule has 0 spiro atoms. The fourth-order valence-corrected chi connectivity index (χ4v) is 3.13. The molecule has 0 bridgehead atoms. The average molecular weight is 418 g/mol. The van der Waals surface area contributed by atoms with E-state index in [0.29, 0.717) is 6.42 Å². The summed E-state index contributed by atoms with van der Waals surface area (Å²) >= 11 is 0. The first kappa shape index (κ1) is 21.6. The second kappa shape index (κ2) is 9.13. The molecule has 0 fully saturated rings. The number of hydrazine groups is 1. The van der Waals surface area contributed by atoms with Gasteiger partial charge < -0.3 is 9.99 Å². The van der Waals surface area contributed by atoms with E-state index in [1.807, 2.05) is 43.6 Å². The Bertz CT molecular complexity index is 1070. The Labute approximate surface area is 171 Å². The zero-order valence-corrected chi connectivity index (χ0v) is 16.6. The highest BCUT2D eigenvalue weighted by molar-refractivity contribution is 5.79. The van der Waals surface area contributed by atoms with Crippen LogP contribution >= 0.6 is 0 Å². The van der Waals surface area contributed by atoms with E-state index in [0.717, 1.165) is 40.4 Å². The molecule has 30 heavy (non-hydrogen) atoms. The van der Waals surface area contributed by atoms with Crippen molar-refractivity contribution in [3.8, 4) is 0 Å². The summed E-state index contributed by atoms with van der Waals surface area (Å²) in [5, 5.41) is 2.64. The Kier molecular flexibility index (Phi) is 6.56. The van der Waals surface area contributed by atoms with Gasteiger partial charge in [0.2, 0.25) is 0 Å². The van der Waals surface area contributed by atoms with Gasteiger partial charge >= 0.3 is 6.18 Å². The van der Waals surface area contributed by atoms with Gasteiger partial charge in [-0.25, -0.2) is 14.8 Å². The van der Waals surface area contributed by atoms with E-state index in [1.165, 1.54) is 0 Å². The molecule has 2 aromatic heterocycles. The third-order valence-corrected chi connectivity index (χ3v) is 4.56. The molecule has 2 heterocycles. The number of fused-ring (bicyclic) bond motifs is 1. The minimum Gasteiger partial charge on any atom is -0.346 e. The van der Waals surface area contributed by atoms with Gasteiger partial charge in [-0.2, -0.15) is 13.2 Å². The predicted octanol–water partition coefficient (Wildman–Crippen LogP) is 5.36. The summed E-state index contributed by atoms with van der Waals surface area (Å²) in [5.41, 5.74) is 4.82. The monoisotopic (exact) mass is 418 g/mol. The Balaban J connectivity index is 1.72. The van der Waals surface area contributed by atoms with E-state index < -0.39 is 17.6 Å². The highest BCUT2D eigenvalue weighted by atomic mass is 19.4. The van der Waals surface area contributed by atoms with Crippen molar-refractivity contribution in [2.45, 2.75) is 26.1 Å².